The second-order valence-electron chi connectivity index (χ2n) is 4.94. The molecule has 1 aliphatic carbocycles. The third-order valence-electron chi connectivity index (χ3n) is 3.99. The van der Waals surface area contributed by atoms with E-state index in [2.05, 4.69) is 5.43 Å². The third-order valence-corrected chi connectivity index (χ3v) is 3.99. The van der Waals surface area contributed by atoms with Crippen molar-refractivity contribution in [1.29, 1.82) is 0 Å². The number of methoxy groups -OCH3 is 2. The second-order valence-corrected chi connectivity index (χ2v) is 4.94. The van der Waals surface area contributed by atoms with Gasteiger partial charge < -0.3 is 9.47 Å². The maximum absolute atomic E-state index is 5.68. The molecule has 0 amide bonds. The molecule has 1 unspecified atom stereocenters. The first kappa shape index (κ1) is 13.3. The maximum Gasteiger partial charge on any atom is 0.118 e. The number of hydrogen-bond donors (Lipinski definition) is 2. The molecule has 0 radical (unpaired) electrons. The minimum Gasteiger partial charge on any atom is -0.497 e. The van der Waals surface area contributed by atoms with Crippen molar-refractivity contribution in [1.82, 2.24) is 5.43 Å². The van der Waals surface area contributed by atoms with Crippen LogP contribution in [0, 0.1) is 0 Å². The zero-order chi connectivity index (χ0) is 13.0. The van der Waals surface area contributed by atoms with Crippen LogP contribution >= 0.6 is 0 Å². The Labute approximate surface area is 108 Å². The van der Waals surface area contributed by atoms with E-state index in [9.17, 15) is 0 Å². The van der Waals surface area contributed by atoms with Gasteiger partial charge in [-0.05, 0) is 43.4 Å². The molecule has 1 fully saturated rings. The van der Waals surface area contributed by atoms with Gasteiger partial charge in [0.1, 0.15) is 5.75 Å². The van der Waals surface area contributed by atoms with Crippen molar-refractivity contribution in [3.8, 4) is 5.75 Å². The molecule has 0 saturated heterocycles. The van der Waals surface area contributed by atoms with Crippen LogP contribution in [0.4, 0.5) is 0 Å². The Kier molecular flexibility index (Phi) is 4.22. The largest absolute Gasteiger partial charge is 0.497 e. The van der Waals surface area contributed by atoms with Crippen LogP contribution in [0.2, 0.25) is 0 Å². The molecule has 4 nitrogen and oxygen atoms in total. The average Bonchev–Trinajstić information content (AvgIpc) is 2.39. The molecule has 0 aliphatic heterocycles. The Bertz CT molecular complexity index is 368. The van der Waals surface area contributed by atoms with Crippen LogP contribution in [0.3, 0.4) is 0 Å². The van der Waals surface area contributed by atoms with Crippen LogP contribution in [-0.2, 0) is 4.74 Å². The molecule has 1 aromatic carbocycles. The van der Waals surface area contributed by atoms with Gasteiger partial charge in [0, 0.05) is 13.2 Å². The Balaban J connectivity index is 2.07. The highest BCUT2D eigenvalue weighted by molar-refractivity contribution is 5.29. The Hall–Kier alpha value is -1.10. The number of nitrogens with one attached hydrogen (secondary N) is 1. The normalized spacial score (nSPS) is 19.1. The highest BCUT2D eigenvalue weighted by atomic mass is 16.5. The zero-order valence-electron chi connectivity index (χ0n) is 11.1. The van der Waals surface area contributed by atoms with Gasteiger partial charge in [0.05, 0.1) is 12.7 Å². The molecule has 18 heavy (non-hydrogen) atoms. The minimum absolute atomic E-state index is 0.0109. The molecular weight excluding hydrogens is 228 g/mol. The molecule has 1 aliphatic rings. The van der Waals surface area contributed by atoms with Gasteiger partial charge in [-0.1, -0.05) is 12.1 Å². The lowest BCUT2D eigenvalue weighted by molar-refractivity contribution is -0.0838. The topological polar surface area (TPSA) is 56.5 Å². The summed E-state index contributed by atoms with van der Waals surface area (Å²) in [6, 6.07) is 8.13. The first-order chi connectivity index (χ1) is 8.73. The van der Waals surface area contributed by atoms with Crippen LogP contribution in [0.15, 0.2) is 24.3 Å². The SMILES string of the molecule is COc1ccc(C(CC2(OC)CCC2)NN)cc1. The number of rotatable bonds is 6. The van der Waals surface area contributed by atoms with Crippen LogP contribution in [0.1, 0.15) is 37.3 Å². The number of hydrazine groups is 1. The van der Waals surface area contributed by atoms with E-state index in [1.165, 1.54) is 12.0 Å². The van der Waals surface area contributed by atoms with E-state index < -0.39 is 0 Å². The van der Waals surface area contributed by atoms with E-state index in [0.29, 0.717) is 0 Å². The fourth-order valence-electron chi connectivity index (χ4n) is 2.54. The molecule has 1 aromatic rings. The van der Waals surface area contributed by atoms with Gasteiger partial charge >= 0.3 is 0 Å². The molecule has 0 heterocycles. The number of nitrogens with two attached hydrogens (primary N) is 1. The van der Waals surface area contributed by atoms with Crippen molar-refractivity contribution >= 4 is 0 Å². The highest BCUT2D eigenvalue weighted by Crippen LogP contribution is 2.41. The highest BCUT2D eigenvalue weighted by Gasteiger charge is 2.39. The molecular formula is C14H22N2O2. The molecule has 0 aromatic heterocycles. The van der Waals surface area contributed by atoms with E-state index in [-0.39, 0.29) is 11.6 Å². The summed E-state index contributed by atoms with van der Waals surface area (Å²) in [7, 11) is 3.46. The molecule has 3 N–H and O–H groups in total. The molecule has 2 rings (SSSR count). The number of ether oxygens (including phenoxy) is 2. The minimum atomic E-state index is 0.0109. The van der Waals surface area contributed by atoms with Crippen molar-refractivity contribution in [3.63, 3.8) is 0 Å². The predicted molar refractivity (Wildman–Crippen MR) is 71.3 cm³/mol. The van der Waals surface area contributed by atoms with Crippen molar-refractivity contribution in [2.45, 2.75) is 37.3 Å². The fourth-order valence-corrected chi connectivity index (χ4v) is 2.54. The molecule has 0 spiro atoms. The van der Waals surface area contributed by atoms with Crippen molar-refractivity contribution in [2.75, 3.05) is 14.2 Å². The number of hydrogen-bond acceptors (Lipinski definition) is 4. The van der Waals surface area contributed by atoms with Gasteiger partial charge in [-0.15, -0.1) is 0 Å². The van der Waals surface area contributed by atoms with Crippen molar-refractivity contribution in [3.05, 3.63) is 29.8 Å². The van der Waals surface area contributed by atoms with Gasteiger partial charge in [-0.25, -0.2) is 0 Å². The van der Waals surface area contributed by atoms with E-state index in [1.54, 1.807) is 14.2 Å². The van der Waals surface area contributed by atoms with Gasteiger partial charge in [0.2, 0.25) is 0 Å². The molecule has 1 atom stereocenters. The summed E-state index contributed by atoms with van der Waals surface area (Å²) in [6.45, 7) is 0. The lowest BCUT2D eigenvalue weighted by atomic mass is 9.75. The average molecular weight is 250 g/mol. The summed E-state index contributed by atoms with van der Waals surface area (Å²) in [6.07, 6.45) is 4.40. The quantitative estimate of drug-likeness (QED) is 0.600. The fraction of sp³-hybridized carbons (Fsp3) is 0.571. The van der Waals surface area contributed by atoms with Gasteiger partial charge in [-0.2, -0.15) is 0 Å². The van der Waals surface area contributed by atoms with E-state index in [4.69, 9.17) is 15.3 Å². The van der Waals surface area contributed by atoms with E-state index in [1.807, 2.05) is 24.3 Å². The monoisotopic (exact) mass is 250 g/mol. The van der Waals surface area contributed by atoms with Crippen molar-refractivity contribution < 1.29 is 9.47 Å². The summed E-state index contributed by atoms with van der Waals surface area (Å²) >= 11 is 0. The Morgan fingerprint density at radius 3 is 2.33 bits per heavy atom. The predicted octanol–water partition coefficient (Wildman–Crippen LogP) is 2.16. The molecule has 0 bridgehead atoms. The standard InChI is InChI=1S/C14H22N2O2/c1-17-12-6-4-11(5-7-12)13(16-15)10-14(18-2)8-3-9-14/h4-7,13,16H,3,8-10,15H2,1-2H3. The zero-order valence-corrected chi connectivity index (χ0v) is 11.1. The lowest BCUT2D eigenvalue weighted by Crippen LogP contribution is -2.44. The summed E-state index contributed by atoms with van der Waals surface area (Å²) in [4.78, 5) is 0. The summed E-state index contributed by atoms with van der Waals surface area (Å²) in [5, 5.41) is 0. The van der Waals surface area contributed by atoms with E-state index in [0.717, 1.165) is 25.0 Å². The lowest BCUT2D eigenvalue weighted by Gasteiger charge is -2.42. The first-order valence-corrected chi connectivity index (χ1v) is 6.38. The summed E-state index contributed by atoms with van der Waals surface area (Å²) in [5.74, 6) is 6.54. The molecule has 100 valence electrons. The van der Waals surface area contributed by atoms with Crippen LogP contribution in [-0.4, -0.2) is 19.8 Å². The molecule has 1 saturated carbocycles. The van der Waals surface area contributed by atoms with Gasteiger partial charge in [-0.3, -0.25) is 11.3 Å². The van der Waals surface area contributed by atoms with Crippen molar-refractivity contribution in [2.24, 2.45) is 5.84 Å². The molecule has 4 heteroatoms. The summed E-state index contributed by atoms with van der Waals surface area (Å²) < 4.78 is 10.8. The van der Waals surface area contributed by atoms with E-state index >= 15 is 0 Å². The Morgan fingerprint density at radius 1 is 1.28 bits per heavy atom. The smallest absolute Gasteiger partial charge is 0.118 e. The summed E-state index contributed by atoms with van der Waals surface area (Å²) in [5.41, 5.74) is 4.07. The Morgan fingerprint density at radius 2 is 1.94 bits per heavy atom. The van der Waals surface area contributed by atoms with Crippen LogP contribution in [0.5, 0.6) is 5.75 Å². The van der Waals surface area contributed by atoms with Crippen LogP contribution in [0.25, 0.3) is 0 Å². The second kappa shape index (κ2) is 5.69. The number of benzene rings is 1. The van der Waals surface area contributed by atoms with Gasteiger partial charge in [0.15, 0.2) is 0 Å². The van der Waals surface area contributed by atoms with Gasteiger partial charge in [0.25, 0.3) is 0 Å². The van der Waals surface area contributed by atoms with Crippen LogP contribution < -0.4 is 16.0 Å². The third kappa shape index (κ3) is 2.66. The maximum atomic E-state index is 5.68. The first-order valence-electron chi connectivity index (χ1n) is 6.38.